The molecule has 1 N–H and O–H groups in total. The van der Waals surface area contributed by atoms with Crippen LogP contribution in [-0.4, -0.2) is 10.9 Å². The number of thiazole rings is 1. The number of aromatic nitrogens is 1. The highest BCUT2D eigenvalue weighted by atomic mass is 32.1. The third-order valence-electron chi connectivity index (χ3n) is 3.20. The molecule has 0 atom stereocenters. The molecule has 114 valence electrons. The van der Waals surface area contributed by atoms with Crippen LogP contribution >= 0.6 is 22.7 Å². The molecule has 0 bridgehead atoms. The van der Waals surface area contributed by atoms with Gasteiger partial charge in [-0.25, -0.2) is 4.98 Å². The Morgan fingerprint density at radius 2 is 2.09 bits per heavy atom. The number of carbonyl (C=O) groups excluding carboxylic acids is 1. The molecule has 3 rings (SSSR count). The van der Waals surface area contributed by atoms with Crippen LogP contribution in [0.2, 0.25) is 0 Å². The highest BCUT2D eigenvalue weighted by molar-refractivity contribution is 7.18. The molecule has 1 amide bonds. The summed E-state index contributed by atoms with van der Waals surface area (Å²) in [5, 5.41) is 15.1. The summed E-state index contributed by atoms with van der Waals surface area (Å²) in [4.78, 5) is 17.9. The van der Waals surface area contributed by atoms with E-state index in [0.717, 1.165) is 16.1 Å². The van der Waals surface area contributed by atoms with Crippen LogP contribution < -0.4 is 5.32 Å². The van der Waals surface area contributed by atoms with Gasteiger partial charge in [0.15, 0.2) is 0 Å². The largest absolute Gasteiger partial charge is 0.312 e. The minimum absolute atomic E-state index is 0.171. The highest BCUT2D eigenvalue weighted by Gasteiger charge is 2.17. The lowest BCUT2D eigenvalue weighted by Gasteiger charge is -2.04. The van der Waals surface area contributed by atoms with Gasteiger partial charge in [-0.1, -0.05) is 35.1 Å². The van der Waals surface area contributed by atoms with Crippen LogP contribution in [0.3, 0.4) is 0 Å². The van der Waals surface area contributed by atoms with Crippen LogP contribution in [0.25, 0.3) is 10.6 Å². The van der Waals surface area contributed by atoms with E-state index in [1.54, 1.807) is 23.5 Å². The molecule has 2 aromatic heterocycles. The van der Waals surface area contributed by atoms with Crippen LogP contribution in [0.5, 0.6) is 0 Å². The summed E-state index contributed by atoms with van der Waals surface area (Å²) < 4.78 is 0. The number of nitrogens with zero attached hydrogens (tertiary/aromatic N) is 2. The van der Waals surface area contributed by atoms with Crippen molar-refractivity contribution in [3.05, 3.63) is 57.9 Å². The molecule has 3 aromatic rings. The molecular weight excluding hydrogens is 326 g/mol. The Morgan fingerprint density at radius 1 is 1.30 bits per heavy atom. The summed E-state index contributed by atoms with van der Waals surface area (Å²) in [7, 11) is 0. The van der Waals surface area contributed by atoms with Gasteiger partial charge in [0.1, 0.15) is 15.7 Å². The summed E-state index contributed by atoms with van der Waals surface area (Å²) in [6, 6.07) is 13.4. The summed E-state index contributed by atoms with van der Waals surface area (Å²) in [6.45, 7) is 1.98. The van der Waals surface area contributed by atoms with Gasteiger partial charge in [-0.3, -0.25) is 4.79 Å². The van der Waals surface area contributed by atoms with Gasteiger partial charge in [-0.2, -0.15) is 5.26 Å². The van der Waals surface area contributed by atoms with E-state index in [2.05, 4.69) is 16.4 Å². The average molecular weight is 339 g/mol. The normalized spacial score (nSPS) is 10.3. The van der Waals surface area contributed by atoms with Crippen LogP contribution in [0.4, 0.5) is 5.00 Å². The third-order valence-corrected chi connectivity index (χ3v) is 5.04. The summed E-state index contributed by atoms with van der Waals surface area (Å²) in [6.07, 6.45) is 0.240. The summed E-state index contributed by atoms with van der Waals surface area (Å²) in [5.74, 6) is -0.171. The van der Waals surface area contributed by atoms with Crippen LogP contribution in [0, 0.1) is 18.3 Å². The van der Waals surface area contributed by atoms with Crippen molar-refractivity contribution in [3.63, 3.8) is 0 Å². The van der Waals surface area contributed by atoms with Crippen LogP contribution in [-0.2, 0) is 6.42 Å². The van der Waals surface area contributed by atoms with E-state index in [0.29, 0.717) is 15.6 Å². The van der Waals surface area contributed by atoms with Crippen molar-refractivity contribution in [1.29, 1.82) is 5.26 Å². The Morgan fingerprint density at radius 3 is 2.74 bits per heavy atom. The fraction of sp³-hybridized carbons (Fsp3) is 0.118. The molecule has 0 aliphatic carbocycles. The first-order valence-corrected chi connectivity index (χ1v) is 8.65. The molecule has 0 spiro atoms. The maximum atomic E-state index is 12.4. The molecule has 0 radical (unpaired) electrons. The first kappa shape index (κ1) is 15.4. The van der Waals surface area contributed by atoms with Gasteiger partial charge in [0.05, 0.1) is 17.4 Å². The van der Waals surface area contributed by atoms with E-state index in [-0.39, 0.29) is 12.3 Å². The van der Waals surface area contributed by atoms with Crippen molar-refractivity contribution in [2.75, 3.05) is 5.32 Å². The maximum absolute atomic E-state index is 12.4. The van der Waals surface area contributed by atoms with Crippen LogP contribution in [0.15, 0.2) is 41.8 Å². The molecule has 0 saturated carbocycles. The Balaban J connectivity index is 1.91. The molecule has 1 aromatic carbocycles. The lowest BCUT2D eigenvalue weighted by atomic mass is 10.1. The molecule has 0 saturated heterocycles. The zero-order valence-corrected chi connectivity index (χ0v) is 14.0. The van der Waals surface area contributed by atoms with Gasteiger partial charge < -0.3 is 5.32 Å². The van der Waals surface area contributed by atoms with E-state index < -0.39 is 0 Å². The first-order chi connectivity index (χ1) is 11.2. The summed E-state index contributed by atoms with van der Waals surface area (Å²) >= 11 is 2.91. The highest BCUT2D eigenvalue weighted by Crippen LogP contribution is 2.36. The van der Waals surface area contributed by atoms with E-state index in [1.807, 2.05) is 36.6 Å². The molecule has 23 heavy (non-hydrogen) atoms. The summed E-state index contributed by atoms with van der Waals surface area (Å²) in [5.41, 5.74) is 2.44. The predicted molar refractivity (Wildman–Crippen MR) is 93.9 cm³/mol. The quantitative estimate of drug-likeness (QED) is 0.761. The Kier molecular flexibility index (Phi) is 4.51. The predicted octanol–water partition coefficient (Wildman–Crippen LogP) is 4.50. The van der Waals surface area contributed by atoms with Crippen molar-refractivity contribution < 1.29 is 4.79 Å². The van der Waals surface area contributed by atoms with Crippen LogP contribution in [0.1, 0.15) is 20.9 Å². The van der Waals surface area contributed by atoms with Crippen molar-refractivity contribution in [3.8, 4) is 16.6 Å². The number of benzene rings is 1. The van der Waals surface area contributed by atoms with Gasteiger partial charge in [0, 0.05) is 5.56 Å². The van der Waals surface area contributed by atoms with E-state index in [1.165, 1.54) is 11.3 Å². The molecular formula is C17H13N3OS2. The number of rotatable bonds is 4. The number of thiophene rings is 1. The molecule has 4 nitrogen and oxygen atoms in total. The Labute approximate surface area is 142 Å². The fourth-order valence-corrected chi connectivity index (χ4v) is 3.74. The smallest absolute Gasteiger partial charge is 0.256 e. The van der Waals surface area contributed by atoms with Gasteiger partial charge in [-0.15, -0.1) is 11.3 Å². The molecule has 0 unspecified atom stereocenters. The van der Waals surface area contributed by atoms with E-state index in [4.69, 9.17) is 5.26 Å². The number of hydrogen-bond acceptors (Lipinski definition) is 5. The average Bonchev–Trinajstić information content (AvgIpc) is 3.18. The molecule has 2 heterocycles. The number of aryl methyl sites for hydroxylation is 1. The maximum Gasteiger partial charge on any atom is 0.256 e. The Bertz CT molecular complexity index is 858. The second kappa shape index (κ2) is 6.73. The first-order valence-electron chi connectivity index (χ1n) is 6.96. The number of anilines is 1. The number of carbonyl (C=O) groups is 1. The minimum Gasteiger partial charge on any atom is -0.312 e. The van der Waals surface area contributed by atoms with Crippen molar-refractivity contribution in [1.82, 2.24) is 4.98 Å². The lowest BCUT2D eigenvalue weighted by molar-refractivity contribution is 0.102. The zero-order valence-electron chi connectivity index (χ0n) is 12.4. The van der Waals surface area contributed by atoms with E-state index >= 15 is 0 Å². The molecule has 0 fully saturated rings. The number of amides is 1. The third kappa shape index (κ3) is 3.47. The monoisotopic (exact) mass is 339 g/mol. The molecule has 0 aliphatic heterocycles. The zero-order chi connectivity index (χ0) is 16.2. The number of hydrogen-bond donors (Lipinski definition) is 1. The molecule has 6 heteroatoms. The number of nitriles is 1. The number of nitrogens with one attached hydrogen (secondary N) is 1. The van der Waals surface area contributed by atoms with Gasteiger partial charge >= 0.3 is 0 Å². The second-order valence-electron chi connectivity index (χ2n) is 4.92. The van der Waals surface area contributed by atoms with Crippen molar-refractivity contribution >= 4 is 33.6 Å². The molecule has 0 aliphatic rings. The van der Waals surface area contributed by atoms with Gasteiger partial charge in [0.25, 0.3) is 5.91 Å². The van der Waals surface area contributed by atoms with E-state index in [9.17, 15) is 4.79 Å². The standard InChI is InChI=1S/C17H13N3OS2/c1-11-4-6-12(7-5-11)16(21)20-17-15(13-3-2-10-22-13)19-14(23-17)8-9-18/h2-7,10H,8H2,1H3,(H,20,21). The topological polar surface area (TPSA) is 65.8 Å². The van der Waals surface area contributed by atoms with Crippen molar-refractivity contribution in [2.45, 2.75) is 13.3 Å². The minimum atomic E-state index is -0.171. The van der Waals surface area contributed by atoms with Gasteiger partial charge in [-0.05, 0) is 30.5 Å². The van der Waals surface area contributed by atoms with Gasteiger partial charge in [0.2, 0.25) is 0 Å². The second-order valence-corrected chi connectivity index (χ2v) is 6.95. The lowest BCUT2D eigenvalue weighted by Crippen LogP contribution is -2.11. The van der Waals surface area contributed by atoms with Crippen molar-refractivity contribution in [2.24, 2.45) is 0 Å². The Hall–Kier alpha value is -2.49. The fourth-order valence-electron chi connectivity index (χ4n) is 2.05. The SMILES string of the molecule is Cc1ccc(C(=O)Nc2sc(CC#N)nc2-c2cccs2)cc1.